The summed E-state index contributed by atoms with van der Waals surface area (Å²) in [7, 11) is -3.79. The van der Waals surface area contributed by atoms with E-state index in [0.29, 0.717) is 11.1 Å². The molecule has 0 aliphatic carbocycles. The zero-order valence-corrected chi connectivity index (χ0v) is 17.6. The molecule has 2 rings (SSSR count). The van der Waals surface area contributed by atoms with E-state index in [1.165, 1.54) is 24.0 Å². The number of hydroxylamine groups is 1. The molecule has 0 fully saturated rings. The van der Waals surface area contributed by atoms with E-state index >= 15 is 0 Å². The number of hydrogen-bond donors (Lipinski definition) is 4. The van der Waals surface area contributed by atoms with Crippen LogP contribution in [0.3, 0.4) is 0 Å². The maximum atomic E-state index is 12.0. The molecule has 0 saturated heterocycles. The maximum Gasteiger partial charge on any atom is 0.264 e. The second kappa shape index (κ2) is 8.86. The third-order valence-corrected chi connectivity index (χ3v) is 6.71. The third kappa shape index (κ3) is 5.38. The van der Waals surface area contributed by atoms with Crippen LogP contribution in [-0.2, 0) is 21.2 Å². The number of hydrogen-bond acceptors (Lipinski definition) is 7. The topological polar surface area (TPSA) is 142 Å². The first-order valence-corrected chi connectivity index (χ1v) is 10.8. The second-order valence-corrected chi connectivity index (χ2v) is 9.74. The van der Waals surface area contributed by atoms with E-state index in [-0.39, 0.29) is 13.0 Å². The molecule has 0 aliphatic heterocycles. The molecule has 1 aromatic heterocycles. The van der Waals surface area contributed by atoms with Crippen LogP contribution in [-0.4, -0.2) is 62.7 Å². The van der Waals surface area contributed by atoms with Crippen LogP contribution in [0.15, 0.2) is 24.4 Å². The van der Waals surface area contributed by atoms with E-state index < -0.39 is 32.7 Å². The van der Waals surface area contributed by atoms with Gasteiger partial charge in [-0.1, -0.05) is 11.8 Å². The highest BCUT2D eigenvalue weighted by atomic mass is 32.2. The Labute approximate surface area is 174 Å². The molecule has 160 valence electrons. The number of aliphatic hydroxyl groups is 2. The Morgan fingerprint density at radius 1 is 1.30 bits per heavy atom. The summed E-state index contributed by atoms with van der Waals surface area (Å²) in [6.45, 7) is 2.26. The van der Waals surface area contributed by atoms with Gasteiger partial charge in [0.25, 0.3) is 5.91 Å². The molecule has 0 saturated carbocycles. The largest absolute Gasteiger partial charge is 0.392 e. The highest BCUT2D eigenvalue weighted by molar-refractivity contribution is 7.92. The number of aliphatic hydroxyl groups excluding tert-OH is 1. The summed E-state index contributed by atoms with van der Waals surface area (Å²) in [5.41, 5.74) is 1.22. The molecule has 10 heteroatoms. The van der Waals surface area contributed by atoms with Gasteiger partial charge in [0.1, 0.15) is 5.60 Å². The zero-order valence-electron chi connectivity index (χ0n) is 16.8. The normalized spacial score (nSPS) is 15.1. The van der Waals surface area contributed by atoms with Crippen molar-refractivity contribution in [3.8, 4) is 23.7 Å². The molecule has 0 bridgehead atoms. The van der Waals surface area contributed by atoms with E-state index in [1.807, 2.05) is 0 Å². The minimum Gasteiger partial charge on any atom is -0.392 e. The van der Waals surface area contributed by atoms with Crippen molar-refractivity contribution in [2.24, 2.45) is 0 Å². The summed E-state index contributed by atoms with van der Waals surface area (Å²) >= 11 is 0. The van der Waals surface area contributed by atoms with E-state index in [1.54, 1.807) is 24.4 Å². The quantitative estimate of drug-likeness (QED) is 0.282. The Balaban J connectivity index is 2.22. The van der Waals surface area contributed by atoms with E-state index in [0.717, 1.165) is 11.6 Å². The fraction of sp³-hybridized carbons (Fsp3) is 0.400. The first-order chi connectivity index (χ1) is 13.9. The van der Waals surface area contributed by atoms with Gasteiger partial charge in [-0.25, -0.2) is 13.9 Å². The molecule has 1 aromatic carbocycles. The molecular formula is C20H23N3O6S. The fourth-order valence-corrected chi connectivity index (χ4v) is 3.34. The summed E-state index contributed by atoms with van der Waals surface area (Å²) in [5.74, 6) is 9.36. The molecule has 1 amide bonds. The minimum atomic E-state index is -3.79. The van der Waals surface area contributed by atoms with Crippen molar-refractivity contribution >= 4 is 26.6 Å². The van der Waals surface area contributed by atoms with Gasteiger partial charge in [-0.2, -0.15) is 5.10 Å². The zero-order chi connectivity index (χ0) is 22.6. The standard InChI is InChI=1S/C20H23N3O6S/c1-19(26,14-24)9-5-4-6-15-7-8-17-16(12-15)13-23(21-17)11-10-20(2,18(25)22-27)30(3,28)29/h7-8,12-13,24,26-27H,10-11,14H2,1-3H3,(H,22,25)/t19-,20-/m1/s1. The molecule has 1 heterocycles. The average Bonchev–Trinajstić information content (AvgIpc) is 3.10. The van der Waals surface area contributed by atoms with Crippen molar-refractivity contribution in [2.45, 2.75) is 37.2 Å². The summed E-state index contributed by atoms with van der Waals surface area (Å²) in [5, 5.41) is 32.5. The van der Waals surface area contributed by atoms with Gasteiger partial charge in [-0.05, 0) is 50.3 Å². The number of carbonyl (C=O) groups is 1. The highest BCUT2D eigenvalue weighted by Gasteiger charge is 2.43. The summed E-state index contributed by atoms with van der Waals surface area (Å²) in [6, 6.07) is 5.25. The lowest BCUT2D eigenvalue weighted by molar-refractivity contribution is -0.131. The predicted molar refractivity (Wildman–Crippen MR) is 110 cm³/mol. The number of rotatable bonds is 6. The third-order valence-electron chi connectivity index (χ3n) is 4.68. The molecule has 0 aliphatic rings. The van der Waals surface area contributed by atoms with Gasteiger partial charge in [0, 0.05) is 29.9 Å². The van der Waals surface area contributed by atoms with Crippen LogP contribution in [0.25, 0.3) is 10.9 Å². The van der Waals surface area contributed by atoms with Gasteiger partial charge in [0.15, 0.2) is 14.6 Å². The summed E-state index contributed by atoms with van der Waals surface area (Å²) in [6.07, 6.45) is 2.55. The Bertz CT molecular complexity index is 1180. The lowest BCUT2D eigenvalue weighted by Crippen LogP contribution is -2.49. The van der Waals surface area contributed by atoms with Gasteiger partial charge in [-0.3, -0.25) is 14.7 Å². The smallest absolute Gasteiger partial charge is 0.264 e. The summed E-state index contributed by atoms with van der Waals surface area (Å²) < 4.78 is 23.8. The number of nitrogens with zero attached hydrogens (tertiary/aromatic N) is 2. The Morgan fingerprint density at radius 3 is 2.60 bits per heavy atom. The van der Waals surface area contributed by atoms with Gasteiger partial charge in [0.2, 0.25) is 0 Å². The monoisotopic (exact) mass is 433 g/mol. The lowest BCUT2D eigenvalue weighted by Gasteiger charge is -2.24. The molecule has 9 nitrogen and oxygen atoms in total. The van der Waals surface area contributed by atoms with Crippen molar-refractivity contribution < 1.29 is 28.6 Å². The minimum absolute atomic E-state index is 0.0841. The number of aryl methyl sites for hydroxylation is 1. The number of sulfone groups is 1. The molecular weight excluding hydrogens is 410 g/mol. The highest BCUT2D eigenvalue weighted by Crippen LogP contribution is 2.23. The van der Waals surface area contributed by atoms with E-state index in [4.69, 9.17) is 10.3 Å². The van der Waals surface area contributed by atoms with E-state index in [9.17, 15) is 18.3 Å². The molecule has 4 N–H and O–H groups in total. The fourth-order valence-electron chi connectivity index (χ4n) is 2.49. The molecule has 2 aromatic rings. The average molecular weight is 433 g/mol. The van der Waals surface area contributed by atoms with Crippen LogP contribution < -0.4 is 5.48 Å². The van der Waals surface area contributed by atoms with Gasteiger partial charge < -0.3 is 10.2 Å². The SMILES string of the molecule is C[C@@](O)(C#CC#Cc1ccc2nn(CC[C@](C)(C(=O)NO)S(C)(=O)=O)cc2c1)CO. The van der Waals surface area contributed by atoms with Crippen LogP contribution in [0.5, 0.6) is 0 Å². The van der Waals surface area contributed by atoms with Crippen molar-refractivity contribution in [3.05, 3.63) is 30.0 Å². The summed E-state index contributed by atoms with van der Waals surface area (Å²) in [4.78, 5) is 11.9. The molecule has 0 unspecified atom stereocenters. The van der Waals surface area contributed by atoms with Crippen molar-refractivity contribution in [2.75, 3.05) is 12.9 Å². The Kier molecular flexibility index (Phi) is 6.91. The van der Waals surface area contributed by atoms with Crippen LogP contribution in [0.4, 0.5) is 0 Å². The number of aromatic nitrogens is 2. The Hall–Kier alpha value is -2.89. The number of nitrogens with one attached hydrogen (secondary N) is 1. The molecule has 30 heavy (non-hydrogen) atoms. The van der Waals surface area contributed by atoms with Crippen LogP contribution in [0, 0.1) is 23.7 Å². The number of amides is 1. The van der Waals surface area contributed by atoms with Gasteiger partial charge in [0.05, 0.1) is 12.1 Å². The van der Waals surface area contributed by atoms with Gasteiger partial charge >= 0.3 is 0 Å². The van der Waals surface area contributed by atoms with Crippen LogP contribution >= 0.6 is 0 Å². The molecule has 0 spiro atoms. The van der Waals surface area contributed by atoms with Gasteiger partial charge in [-0.15, -0.1) is 0 Å². The first-order valence-electron chi connectivity index (χ1n) is 8.90. The molecule has 0 radical (unpaired) electrons. The van der Waals surface area contributed by atoms with Crippen LogP contribution in [0.1, 0.15) is 25.8 Å². The van der Waals surface area contributed by atoms with Crippen molar-refractivity contribution in [3.63, 3.8) is 0 Å². The Morgan fingerprint density at radius 2 is 2.00 bits per heavy atom. The van der Waals surface area contributed by atoms with Crippen molar-refractivity contribution in [1.29, 1.82) is 0 Å². The number of carbonyl (C=O) groups excluding carboxylic acids is 1. The van der Waals surface area contributed by atoms with Crippen molar-refractivity contribution in [1.82, 2.24) is 15.3 Å². The lowest BCUT2D eigenvalue weighted by atomic mass is 10.1. The van der Waals surface area contributed by atoms with E-state index in [2.05, 4.69) is 28.8 Å². The predicted octanol–water partition coefficient (Wildman–Crippen LogP) is -0.167. The second-order valence-electron chi connectivity index (χ2n) is 7.29. The van der Waals surface area contributed by atoms with Crippen LogP contribution in [0.2, 0.25) is 0 Å². The number of fused-ring (bicyclic) bond motifs is 1. The first kappa shape index (κ1) is 23.4. The number of benzene rings is 1. The maximum absolute atomic E-state index is 12.0. The molecule has 2 atom stereocenters.